The second kappa shape index (κ2) is 5.07. The van der Waals surface area contributed by atoms with Crippen LogP contribution < -0.4 is 4.72 Å². The molecule has 0 amide bonds. The summed E-state index contributed by atoms with van der Waals surface area (Å²) in [5.74, 6) is 0.962. The summed E-state index contributed by atoms with van der Waals surface area (Å²) in [5.41, 5.74) is 2.43. The minimum atomic E-state index is -3.33. The lowest BCUT2D eigenvalue weighted by molar-refractivity contribution is 0.0972. The maximum absolute atomic E-state index is 12.3. The first-order valence-electron chi connectivity index (χ1n) is 7.48. The largest absolute Gasteiger partial charge is 0.393 e. The molecule has 0 radical (unpaired) electrons. The highest BCUT2D eigenvalue weighted by molar-refractivity contribution is 7.90. The first-order chi connectivity index (χ1) is 9.78. The third kappa shape index (κ3) is 2.62. The zero-order valence-corrected chi connectivity index (χ0v) is 13.5. The number of aliphatic imine (C=N–C) groups is 1. The Kier molecular flexibility index (Phi) is 3.62. The van der Waals surface area contributed by atoms with E-state index in [9.17, 15) is 13.5 Å². The fraction of sp³-hybridized carbons (Fsp3) is 0.786. The SMILES string of the molecule is CC1=N[C@@H](C)C(C)=C2C[C@H](NS(=O)(=O)C3CC(O)C3)CN12. The topological polar surface area (TPSA) is 82.0 Å². The van der Waals surface area contributed by atoms with E-state index in [0.717, 1.165) is 12.3 Å². The second-order valence-corrected chi connectivity index (χ2v) is 8.40. The van der Waals surface area contributed by atoms with Gasteiger partial charge >= 0.3 is 0 Å². The highest BCUT2D eigenvalue weighted by Gasteiger charge is 2.41. The summed E-state index contributed by atoms with van der Waals surface area (Å²) in [6.45, 7) is 6.75. The van der Waals surface area contributed by atoms with Crippen molar-refractivity contribution >= 4 is 15.9 Å². The van der Waals surface area contributed by atoms with Crippen molar-refractivity contribution in [2.75, 3.05) is 6.54 Å². The summed E-state index contributed by atoms with van der Waals surface area (Å²) in [6.07, 6.45) is 0.967. The van der Waals surface area contributed by atoms with Gasteiger partial charge < -0.3 is 10.0 Å². The number of fused-ring (bicyclic) bond motifs is 1. The summed E-state index contributed by atoms with van der Waals surface area (Å²) >= 11 is 0. The quantitative estimate of drug-likeness (QED) is 0.799. The van der Waals surface area contributed by atoms with Crippen molar-refractivity contribution in [2.45, 2.75) is 63.5 Å². The average Bonchev–Trinajstić information content (AvgIpc) is 2.76. The van der Waals surface area contributed by atoms with Crippen LogP contribution in [-0.2, 0) is 10.0 Å². The third-order valence-electron chi connectivity index (χ3n) is 4.86. The maximum atomic E-state index is 12.3. The highest BCUT2D eigenvalue weighted by Crippen LogP contribution is 2.32. The molecule has 7 heteroatoms. The van der Waals surface area contributed by atoms with Crippen molar-refractivity contribution < 1.29 is 13.5 Å². The lowest BCUT2D eigenvalue weighted by Crippen LogP contribution is -2.49. The number of hydrogen-bond acceptors (Lipinski definition) is 5. The molecular weight excluding hydrogens is 290 g/mol. The van der Waals surface area contributed by atoms with E-state index < -0.39 is 21.4 Å². The number of amidine groups is 1. The highest BCUT2D eigenvalue weighted by atomic mass is 32.2. The molecule has 0 aromatic carbocycles. The summed E-state index contributed by atoms with van der Waals surface area (Å²) in [5, 5.41) is 8.85. The van der Waals surface area contributed by atoms with E-state index in [1.54, 1.807) is 0 Å². The molecule has 0 bridgehead atoms. The number of nitrogens with zero attached hydrogens (tertiary/aromatic N) is 2. The molecule has 3 aliphatic rings. The van der Waals surface area contributed by atoms with Gasteiger partial charge in [0.05, 0.1) is 17.4 Å². The third-order valence-corrected chi connectivity index (χ3v) is 6.79. The van der Waals surface area contributed by atoms with Crippen LogP contribution in [0.3, 0.4) is 0 Å². The van der Waals surface area contributed by atoms with Crippen molar-refractivity contribution in [1.29, 1.82) is 0 Å². The van der Waals surface area contributed by atoms with Crippen molar-refractivity contribution in [1.82, 2.24) is 9.62 Å². The molecule has 0 aromatic heterocycles. The summed E-state index contributed by atoms with van der Waals surface area (Å²) < 4.78 is 27.3. The van der Waals surface area contributed by atoms with Gasteiger partial charge in [-0.1, -0.05) is 0 Å². The Labute approximate surface area is 126 Å². The molecule has 0 unspecified atom stereocenters. The molecule has 0 spiro atoms. The summed E-state index contributed by atoms with van der Waals surface area (Å²) in [7, 11) is -3.33. The van der Waals surface area contributed by atoms with Gasteiger partial charge in [0.1, 0.15) is 5.84 Å². The van der Waals surface area contributed by atoms with Crippen LogP contribution in [0, 0.1) is 0 Å². The predicted octanol–water partition coefficient (Wildman–Crippen LogP) is 0.598. The normalized spacial score (nSPS) is 36.4. The van der Waals surface area contributed by atoms with E-state index in [1.165, 1.54) is 11.3 Å². The minimum Gasteiger partial charge on any atom is -0.393 e. The lowest BCUT2D eigenvalue weighted by atomic mass is 9.96. The lowest BCUT2D eigenvalue weighted by Gasteiger charge is -2.31. The van der Waals surface area contributed by atoms with Crippen LogP contribution in [0.4, 0.5) is 0 Å². The first-order valence-corrected chi connectivity index (χ1v) is 9.03. The van der Waals surface area contributed by atoms with E-state index >= 15 is 0 Å². The second-order valence-electron chi connectivity index (χ2n) is 6.40. The van der Waals surface area contributed by atoms with E-state index in [2.05, 4.69) is 28.5 Å². The summed E-state index contributed by atoms with van der Waals surface area (Å²) in [4.78, 5) is 6.71. The molecule has 2 heterocycles. The molecule has 2 N–H and O–H groups in total. The Bertz CT molecular complexity index is 605. The molecule has 2 atom stereocenters. The van der Waals surface area contributed by atoms with E-state index in [-0.39, 0.29) is 12.1 Å². The van der Waals surface area contributed by atoms with Crippen molar-refractivity contribution in [2.24, 2.45) is 4.99 Å². The van der Waals surface area contributed by atoms with Crippen molar-refractivity contribution in [3.63, 3.8) is 0 Å². The number of aliphatic hydroxyl groups is 1. The molecule has 3 rings (SSSR count). The number of aliphatic hydroxyl groups excluding tert-OH is 1. The number of rotatable bonds is 3. The van der Waals surface area contributed by atoms with Crippen molar-refractivity contribution in [3.05, 3.63) is 11.3 Å². The Morgan fingerprint density at radius 2 is 2.00 bits per heavy atom. The molecule has 2 fully saturated rings. The number of hydrogen-bond donors (Lipinski definition) is 2. The Morgan fingerprint density at radius 1 is 1.33 bits per heavy atom. The van der Waals surface area contributed by atoms with Gasteiger partial charge in [-0.25, -0.2) is 13.1 Å². The van der Waals surface area contributed by atoms with Crippen LogP contribution in [0.2, 0.25) is 0 Å². The van der Waals surface area contributed by atoms with Crippen LogP contribution >= 0.6 is 0 Å². The van der Waals surface area contributed by atoms with Gasteiger partial charge in [-0.05, 0) is 39.2 Å². The molecule has 118 valence electrons. The molecule has 1 aliphatic carbocycles. The molecule has 1 saturated heterocycles. The fourth-order valence-electron chi connectivity index (χ4n) is 3.33. The van der Waals surface area contributed by atoms with Crippen molar-refractivity contribution in [3.8, 4) is 0 Å². The monoisotopic (exact) mass is 313 g/mol. The standard InChI is InChI=1S/C14H23N3O3S/c1-8-9(2)15-10(3)17-7-11(4-14(8)17)16-21(19,20)13-5-12(18)6-13/h9,11-13,16,18H,4-7H2,1-3H3/t9-,11-,12?,13?/m0/s1. The summed E-state index contributed by atoms with van der Waals surface area (Å²) in [6, 6.07) is 0.0709. The van der Waals surface area contributed by atoms with Gasteiger partial charge in [-0.15, -0.1) is 0 Å². The van der Waals surface area contributed by atoms with Gasteiger partial charge in [0.25, 0.3) is 0 Å². The first kappa shape index (κ1) is 15.0. The van der Waals surface area contributed by atoms with Crippen LogP contribution in [0.15, 0.2) is 16.3 Å². The molecule has 21 heavy (non-hydrogen) atoms. The van der Waals surface area contributed by atoms with Gasteiger partial charge in [0.15, 0.2) is 0 Å². The van der Waals surface area contributed by atoms with Crippen LogP contribution in [0.1, 0.15) is 40.0 Å². The van der Waals surface area contributed by atoms with Gasteiger partial charge in [0.2, 0.25) is 10.0 Å². The molecule has 1 saturated carbocycles. The molecule has 2 aliphatic heterocycles. The van der Waals surface area contributed by atoms with E-state index in [4.69, 9.17) is 0 Å². The predicted molar refractivity (Wildman–Crippen MR) is 81.5 cm³/mol. The average molecular weight is 313 g/mol. The van der Waals surface area contributed by atoms with E-state index in [0.29, 0.717) is 19.4 Å². The fourth-order valence-corrected chi connectivity index (χ4v) is 5.09. The zero-order valence-electron chi connectivity index (χ0n) is 12.7. The zero-order chi connectivity index (χ0) is 15.4. The van der Waals surface area contributed by atoms with Crippen LogP contribution in [0.5, 0.6) is 0 Å². The smallest absolute Gasteiger partial charge is 0.215 e. The number of sulfonamides is 1. The minimum absolute atomic E-state index is 0.104. The van der Waals surface area contributed by atoms with E-state index in [1.807, 2.05) is 6.92 Å². The molecular formula is C14H23N3O3S. The van der Waals surface area contributed by atoms with Crippen LogP contribution in [0.25, 0.3) is 0 Å². The Hall–Kier alpha value is -0.920. The van der Waals surface area contributed by atoms with Gasteiger partial charge in [-0.2, -0.15) is 0 Å². The molecule has 0 aromatic rings. The molecule has 6 nitrogen and oxygen atoms in total. The Balaban J connectivity index is 1.72. The Morgan fingerprint density at radius 3 is 2.62 bits per heavy atom. The van der Waals surface area contributed by atoms with Gasteiger partial charge in [0, 0.05) is 24.7 Å². The van der Waals surface area contributed by atoms with Gasteiger partial charge in [-0.3, -0.25) is 4.99 Å². The maximum Gasteiger partial charge on any atom is 0.215 e. The van der Waals surface area contributed by atoms with Crippen LogP contribution in [-0.4, -0.2) is 54.2 Å². The number of nitrogens with one attached hydrogen (secondary N) is 1.